The van der Waals surface area contributed by atoms with Crippen LogP contribution in [0.25, 0.3) is 0 Å². The summed E-state index contributed by atoms with van der Waals surface area (Å²) in [5, 5.41) is 0. The van der Waals surface area contributed by atoms with Crippen LogP contribution in [0.3, 0.4) is 0 Å². The van der Waals surface area contributed by atoms with Crippen LogP contribution in [0.2, 0.25) is 0 Å². The highest BCUT2D eigenvalue weighted by Gasteiger charge is 2.69. The quantitative estimate of drug-likeness (QED) is 0.262. The number of ether oxygens (including phenoxy) is 2. The summed E-state index contributed by atoms with van der Waals surface area (Å²) >= 11 is 0. The number of para-hydroxylation sites is 2. The number of hydrogen-bond acceptors (Lipinski definition) is 8. The van der Waals surface area contributed by atoms with E-state index in [0.717, 1.165) is 25.7 Å². The average Bonchev–Trinajstić information content (AvgIpc) is 3.14. The van der Waals surface area contributed by atoms with Crippen LogP contribution < -0.4 is 9.05 Å². The fourth-order valence-corrected chi connectivity index (χ4v) is 8.11. The van der Waals surface area contributed by atoms with Crippen molar-refractivity contribution in [2.45, 2.75) is 76.7 Å². The number of fused-ring (bicyclic) bond motifs is 2. The lowest BCUT2D eigenvalue weighted by Gasteiger charge is -2.60. The maximum absolute atomic E-state index is 13.7. The number of rotatable bonds is 8. The van der Waals surface area contributed by atoms with Gasteiger partial charge in [-0.05, 0) is 74.6 Å². The molecule has 5 aliphatic rings. The van der Waals surface area contributed by atoms with Crippen molar-refractivity contribution in [2.75, 3.05) is 6.61 Å². The summed E-state index contributed by atoms with van der Waals surface area (Å²) < 4.78 is 44.2. The minimum absolute atomic E-state index is 0.132. The molecule has 7 rings (SSSR count). The molecule has 8 atom stereocenters. The van der Waals surface area contributed by atoms with Gasteiger partial charge in [-0.1, -0.05) is 50.2 Å². The zero-order valence-electron chi connectivity index (χ0n) is 22.2. The Morgan fingerprint density at radius 3 is 2.21 bits per heavy atom. The van der Waals surface area contributed by atoms with Gasteiger partial charge in [-0.15, -0.1) is 0 Å². The van der Waals surface area contributed by atoms with E-state index < -0.39 is 25.5 Å². The Morgan fingerprint density at radius 2 is 1.55 bits per heavy atom. The molecule has 2 bridgehead atoms. The van der Waals surface area contributed by atoms with Gasteiger partial charge in [0.2, 0.25) is 5.79 Å². The normalized spacial score (nSPS) is 38.2. The molecule has 9 heteroatoms. The van der Waals surface area contributed by atoms with E-state index in [-0.39, 0.29) is 24.5 Å². The van der Waals surface area contributed by atoms with Gasteiger partial charge in [-0.25, -0.2) is 14.3 Å². The van der Waals surface area contributed by atoms with Gasteiger partial charge in [0.15, 0.2) is 11.9 Å². The summed E-state index contributed by atoms with van der Waals surface area (Å²) in [7, 11) is -3.97. The predicted octanol–water partition coefficient (Wildman–Crippen LogP) is 6.91. The highest BCUT2D eigenvalue weighted by atomic mass is 31.2. The van der Waals surface area contributed by atoms with Gasteiger partial charge < -0.3 is 18.5 Å². The van der Waals surface area contributed by atoms with Crippen molar-refractivity contribution in [2.24, 2.45) is 23.7 Å². The molecular weight excluding hydrogens is 507 g/mol. The van der Waals surface area contributed by atoms with Crippen LogP contribution in [0, 0.1) is 23.7 Å². The molecular formula is C29H37O8P. The third kappa shape index (κ3) is 4.80. The fourth-order valence-electron chi connectivity index (χ4n) is 6.88. The van der Waals surface area contributed by atoms with Gasteiger partial charge in [0.05, 0.1) is 12.7 Å². The predicted molar refractivity (Wildman–Crippen MR) is 139 cm³/mol. The maximum atomic E-state index is 13.7. The summed E-state index contributed by atoms with van der Waals surface area (Å²) in [5.74, 6) is 1.22. The molecule has 1 saturated carbocycles. The smallest absolute Gasteiger partial charge is 0.395 e. The summed E-state index contributed by atoms with van der Waals surface area (Å²) in [6, 6.07) is 17.8. The van der Waals surface area contributed by atoms with Gasteiger partial charge in [-0.3, -0.25) is 4.52 Å². The first-order chi connectivity index (χ1) is 18.3. The Labute approximate surface area is 224 Å². The van der Waals surface area contributed by atoms with Crippen LogP contribution in [-0.2, 0) is 28.3 Å². The Balaban J connectivity index is 1.18. The average molecular weight is 545 g/mol. The van der Waals surface area contributed by atoms with Crippen LogP contribution >= 0.6 is 7.82 Å². The van der Waals surface area contributed by atoms with Crippen LogP contribution in [-0.4, -0.2) is 30.4 Å². The standard InChI is InChI=1S/C29H37O8P/c1-20-14-15-25-21(2)26(32-27-29(25)24(20)16-18-28(3,33-27)36-37-29)17-19-31-38(30,34-22-10-6-4-7-11-22)35-23-12-8-5-9-13-23/h4-13,20-21,24-27H,14-19H2,1-3H3/t20-,21-,24+,25+,26-,27-,28+,29-/m1/s1. The molecule has 8 nitrogen and oxygen atoms in total. The molecule has 4 aliphatic heterocycles. The van der Waals surface area contributed by atoms with Crippen molar-refractivity contribution in [1.29, 1.82) is 0 Å². The van der Waals surface area contributed by atoms with Crippen molar-refractivity contribution in [1.82, 2.24) is 0 Å². The zero-order chi connectivity index (χ0) is 26.4. The number of phosphoric acid groups is 1. The molecule has 0 amide bonds. The van der Waals surface area contributed by atoms with E-state index in [2.05, 4.69) is 13.8 Å². The molecule has 2 aromatic rings. The topological polar surface area (TPSA) is 81.7 Å². The Bertz CT molecular complexity index is 1100. The summed E-state index contributed by atoms with van der Waals surface area (Å²) in [4.78, 5) is 12.1. The van der Waals surface area contributed by atoms with E-state index in [1.54, 1.807) is 48.5 Å². The molecule has 1 aliphatic carbocycles. The van der Waals surface area contributed by atoms with Crippen LogP contribution in [0.4, 0.5) is 0 Å². The fraction of sp³-hybridized carbons (Fsp3) is 0.586. The van der Waals surface area contributed by atoms with Crippen molar-refractivity contribution >= 4 is 7.82 Å². The monoisotopic (exact) mass is 544 g/mol. The summed E-state index contributed by atoms with van der Waals surface area (Å²) in [6.07, 6.45) is 3.75. The molecule has 0 aromatic heterocycles. The SMILES string of the molecule is C[C@H]1[C@@H](CCOP(=O)(Oc2ccccc2)Oc2ccccc2)O[C@@H]2O[C@]3(C)CC[C@H]4[C@H](C)CC[C@@H]1[C@@]24OO3. The van der Waals surface area contributed by atoms with Gasteiger partial charge >= 0.3 is 7.82 Å². The van der Waals surface area contributed by atoms with Crippen molar-refractivity contribution < 1.29 is 37.4 Å². The van der Waals surface area contributed by atoms with Gasteiger partial charge in [0.25, 0.3) is 0 Å². The van der Waals surface area contributed by atoms with Gasteiger partial charge in [-0.2, -0.15) is 0 Å². The van der Waals surface area contributed by atoms with Crippen LogP contribution in [0.5, 0.6) is 11.5 Å². The molecule has 38 heavy (non-hydrogen) atoms. The molecule has 206 valence electrons. The molecule has 5 fully saturated rings. The van der Waals surface area contributed by atoms with Crippen molar-refractivity contribution in [3.05, 3.63) is 60.7 Å². The maximum Gasteiger partial charge on any atom is 0.587 e. The Kier molecular flexibility index (Phi) is 7.08. The van der Waals surface area contributed by atoms with E-state index in [1.165, 1.54) is 0 Å². The van der Waals surface area contributed by atoms with E-state index >= 15 is 0 Å². The minimum atomic E-state index is -3.97. The molecule has 2 aromatic carbocycles. The molecule has 0 N–H and O–H groups in total. The van der Waals surface area contributed by atoms with E-state index in [0.29, 0.717) is 29.8 Å². The first-order valence-corrected chi connectivity index (χ1v) is 15.2. The van der Waals surface area contributed by atoms with Gasteiger partial charge in [0.1, 0.15) is 11.5 Å². The van der Waals surface area contributed by atoms with Crippen molar-refractivity contribution in [3.63, 3.8) is 0 Å². The van der Waals surface area contributed by atoms with Gasteiger partial charge in [0, 0.05) is 12.3 Å². The second-order valence-electron chi connectivity index (χ2n) is 11.3. The third-order valence-electron chi connectivity index (χ3n) is 8.87. The molecule has 0 unspecified atom stereocenters. The number of phosphoric ester groups is 1. The lowest BCUT2D eigenvalue weighted by molar-refractivity contribution is -0.571. The zero-order valence-corrected chi connectivity index (χ0v) is 23.1. The van der Waals surface area contributed by atoms with E-state index in [1.807, 2.05) is 19.1 Å². The first-order valence-electron chi connectivity index (χ1n) is 13.7. The summed E-state index contributed by atoms with van der Waals surface area (Å²) in [6.45, 7) is 6.57. The molecule has 4 saturated heterocycles. The third-order valence-corrected chi connectivity index (χ3v) is 10.2. The lowest BCUT2D eigenvalue weighted by Crippen LogP contribution is -2.70. The summed E-state index contributed by atoms with van der Waals surface area (Å²) in [5.41, 5.74) is -0.605. The largest absolute Gasteiger partial charge is 0.587 e. The number of hydrogen-bond donors (Lipinski definition) is 0. The highest BCUT2D eigenvalue weighted by molar-refractivity contribution is 7.49. The minimum Gasteiger partial charge on any atom is -0.395 e. The lowest BCUT2D eigenvalue weighted by atomic mass is 9.57. The van der Waals surface area contributed by atoms with E-state index in [9.17, 15) is 4.57 Å². The van der Waals surface area contributed by atoms with Crippen LogP contribution in [0.15, 0.2) is 60.7 Å². The second-order valence-corrected chi connectivity index (χ2v) is 12.8. The van der Waals surface area contributed by atoms with Crippen LogP contribution in [0.1, 0.15) is 52.9 Å². The highest BCUT2D eigenvalue weighted by Crippen LogP contribution is 2.61. The molecule has 0 radical (unpaired) electrons. The first kappa shape index (κ1) is 26.3. The number of benzene rings is 2. The van der Waals surface area contributed by atoms with Crippen molar-refractivity contribution in [3.8, 4) is 11.5 Å². The Hall–Kier alpha value is -1.93. The second kappa shape index (κ2) is 10.2. The van der Waals surface area contributed by atoms with E-state index in [4.69, 9.17) is 32.8 Å². The Morgan fingerprint density at radius 1 is 0.895 bits per heavy atom. The molecule has 1 spiro atoms. The molecule has 4 heterocycles.